The van der Waals surface area contributed by atoms with Gasteiger partial charge in [-0.05, 0) is 36.2 Å². The SMILES string of the molecule is Cc1c(Cc2cccc(NS(C)(=O)=O)c2Cl)c(=O)oc2cc(Oc3nccs3)ccc12. The van der Waals surface area contributed by atoms with Crippen LogP contribution in [-0.4, -0.2) is 19.7 Å². The smallest absolute Gasteiger partial charge is 0.340 e. The molecular weight excluding hydrogens is 460 g/mol. The molecule has 31 heavy (non-hydrogen) atoms. The number of thiazole rings is 1. The highest BCUT2D eigenvalue weighted by molar-refractivity contribution is 7.92. The van der Waals surface area contributed by atoms with E-state index in [0.717, 1.165) is 17.2 Å². The number of rotatable bonds is 6. The van der Waals surface area contributed by atoms with Crippen molar-refractivity contribution < 1.29 is 17.6 Å². The monoisotopic (exact) mass is 476 g/mol. The van der Waals surface area contributed by atoms with Crippen LogP contribution >= 0.6 is 22.9 Å². The van der Waals surface area contributed by atoms with E-state index in [1.165, 1.54) is 11.3 Å². The molecule has 0 aliphatic carbocycles. The number of aromatic nitrogens is 1. The number of nitrogens with zero attached hydrogens (tertiary/aromatic N) is 1. The predicted octanol–water partition coefficient (Wildman–Crippen LogP) is 4.97. The first-order chi connectivity index (χ1) is 14.7. The minimum absolute atomic E-state index is 0.194. The van der Waals surface area contributed by atoms with E-state index < -0.39 is 15.6 Å². The molecule has 160 valence electrons. The molecule has 0 unspecified atom stereocenters. The van der Waals surface area contributed by atoms with Gasteiger partial charge >= 0.3 is 5.63 Å². The molecule has 0 aliphatic heterocycles. The van der Waals surface area contributed by atoms with E-state index in [-0.39, 0.29) is 17.1 Å². The molecule has 0 atom stereocenters. The molecule has 7 nitrogen and oxygen atoms in total. The fraction of sp³-hybridized carbons (Fsp3) is 0.143. The van der Waals surface area contributed by atoms with Crippen LogP contribution in [-0.2, 0) is 16.4 Å². The van der Waals surface area contributed by atoms with Crippen LogP contribution in [0.25, 0.3) is 11.0 Å². The van der Waals surface area contributed by atoms with Gasteiger partial charge in [-0.3, -0.25) is 4.72 Å². The Bertz CT molecular complexity index is 1430. The fourth-order valence-electron chi connectivity index (χ4n) is 3.19. The minimum Gasteiger partial charge on any atom is -0.431 e. The first-order valence-corrected chi connectivity index (χ1v) is 12.2. The highest BCUT2D eigenvalue weighted by atomic mass is 35.5. The summed E-state index contributed by atoms with van der Waals surface area (Å²) in [6.07, 6.45) is 2.88. The van der Waals surface area contributed by atoms with Crippen LogP contribution in [0.4, 0.5) is 5.69 Å². The van der Waals surface area contributed by atoms with Gasteiger partial charge in [0, 0.05) is 35.0 Å². The van der Waals surface area contributed by atoms with Crippen LogP contribution in [0.3, 0.4) is 0 Å². The van der Waals surface area contributed by atoms with Crippen molar-refractivity contribution in [3.05, 3.63) is 80.1 Å². The number of anilines is 1. The molecule has 0 bridgehead atoms. The van der Waals surface area contributed by atoms with E-state index in [2.05, 4.69) is 9.71 Å². The third kappa shape index (κ3) is 4.73. The van der Waals surface area contributed by atoms with E-state index in [0.29, 0.717) is 27.7 Å². The van der Waals surface area contributed by atoms with Gasteiger partial charge in [0.1, 0.15) is 11.3 Å². The van der Waals surface area contributed by atoms with Crippen LogP contribution in [0.5, 0.6) is 10.9 Å². The highest BCUT2D eigenvalue weighted by Gasteiger charge is 2.16. The van der Waals surface area contributed by atoms with Crippen molar-refractivity contribution in [3.8, 4) is 10.9 Å². The molecular formula is C21H17ClN2O5S2. The van der Waals surface area contributed by atoms with Crippen LogP contribution in [0, 0.1) is 6.92 Å². The van der Waals surface area contributed by atoms with Crippen molar-refractivity contribution in [3.63, 3.8) is 0 Å². The maximum absolute atomic E-state index is 12.7. The first-order valence-electron chi connectivity index (χ1n) is 9.10. The summed E-state index contributed by atoms with van der Waals surface area (Å²) in [5.74, 6) is 0.514. The molecule has 1 N–H and O–H groups in total. The summed E-state index contributed by atoms with van der Waals surface area (Å²) in [5, 5.41) is 3.30. The summed E-state index contributed by atoms with van der Waals surface area (Å²) in [6, 6.07) is 10.2. The average molecular weight is 477 g/mol. The molecule has 0 radical (unpaired) electrons. The van der Waals surface area contributed by atoms with Gasteiger partial charge in [-0.1, -0.05) is 35.1 Å². The summed E-state index contributed by atoms with van der Waals surface area (Å²) < 4.78 is 36.7. The Morgan fingerprint density at radius 2 is 2.06 bits per heavy atom. The molecule has 4 rings (SSSR count). The zero-order chi connectivity index (χ0) is 22.2. The van der Waals surface area contributed by atoms with Crippen molar-refractivity contribution in [1.82, 2.24) is 4.98 Å². The summed E-state index contributed by atoms with van der Waals surface area (Å²) in [7, 11) is -3.49. The number of halogens is 1. The van der Waals surface area contributed by atoms with E-state index in [1.807, 2.05) is 13.0 Å². The van der Waals surface area contributed by atoms with E-state index in [4.69, 9.17) is 20.8 Å². The molecule has 0 amide bonds. The number of benzene rings is 2. The van der Waals surface area contributed by atoms with Gasteiger partial charge in [-0.2, -0.15) is 0 Å². The number of hydrogen-bond donors (Lipinski definition) is 1. The molecule has 0 saturated heterocycles. The van der Waals surface area contributed by atoms with Gasteiger partial charge in [0.2, 0.25) is 10.0 Å². The molecule has 2 aromatic heterocycles. The summed E-state index contributed by atoms with van der Waals surface area (Å²) >= 11 is 7.75. The normalized spacial score (nSPS) is 11.6. The highest BCUT2D eigenvalue weighted by Crippen LogP contribution is 2.31. The lowest BCUT2D eigenvalue weighted by Gasteiger charge is -2.12. The van der Waals surface area contributed by atoms with Crippen LogP contribution in [0.15, 0.2) is 57.2 Å². The molecule has 0 aliphatic rings. The Morgan fingerprint density at radius 1 is 1.26 bits per heavy atom. The second-order valence-electron chi connectivity index (χ2n) is 6.88. The summed E-state index contributed by atoms with van der Waals surface area (Å²) in [6.45, 7) is 1.84. The Hall–Kier alpha value is -2.88. The van der Waals surface area contributed by atoms with Crippen LogP contribution in [0.2, 0.25) is 5.02 Å². The molecule has 10 heteroatoms. The Kier molecular flexibility index (Phi) is 5.74. The van der Waals surface area contributed by atoms with Crippen LogP contribution < -0.4 is 15.1 Å². The van der Waals surface area contributed by atoms with E-state index in [9.17, 15) is 13.2 Å². The summed E-state index contributed by atoms with van der Waals surface area (Å²) in [5.41, 5.74) is 1.97. The van der Waals surface area contributed by atoms with Gasteiger partial charge in [-0.15, -0.1) is 0 Å². The van der Waals surface area contributed by atoms with Crippen molar-refractivity contribution in [2.24, 2.45) is 0 Å². The van der Waals surface area contributed by atoms with E-state index >= 15 is 0 Å². The average Bonchev–Trinajstić information content (AvgIpc) is 3.19. The molecule has 2 aromatic carbocycles. The lowest BCUT2D eigenvalue weighted by Crippen LogP contribution is -2.13. The fourth-order valence-corrected chi connectivity index (χ4v) is 4.56. The predicted molar refractivity (Wildman–Crippen MR) is 122 cm³/mol. The maximum atomic E-state index is 12.7. The maximum Gasteiger partial charge on any atom is 0.340 e. The third-order valence-corrected chi connectivity index (χ3v) is 6.30. The molecule has 0 saturated carbocycles. The van der Waals surface area contributed by atoms with Gasteiger partial charge in [0.15, 0.2) is 0 Å². The van der Waals surface area contributed by atoms with Crippen molar-refractivity contribution >= 4 is 49.6 Å². The molecule has 4 aromatic rings. The number of sulfonamides is 1. The number of aryl methyl sites for hydroxylation is 1. The molecule has 0 spiro atoms. The first kappa shape index (κ1) is 21.4. The van der Waals surface area contributed by atoms with Gasteiger partial charge in [-0.25, -0.2) is 18.2 Å². The lowest BCUT2D eigenvalue weighted by molar-refractivity contribution is 0.476. The van der Waals surface area contributed by atoms with E-state index in [1.54, 1.807) is 41.9 Å². The number of hydrogen-bond acceptors (Lipinski definition) is 7. The number of ether oxygens (including phenoxy) is 1. The third-order valence-electron chi connectivity index (χ3n) is 4.61. The Labute approximate surface area is 187 Å². The zero-order valence-electron chi connectivity index (χ0n) is 16.5. The second-order valence-corrected chi connectivity index (χ2v) is 9.86. The lowest BCUT2D eigenvalue weighted by atomic mass is 9.99. The quantitative estimate of drug-likeness (QED) is 0.395. The Balaban J connectivity index is 1.70. The number of fused-ring (bicyclic) bond motifs is 1. The topological polar surface area (TPSA) is 98.5 Å². The van der Waals surface area contributed by atoms with Crippen molar-refractivity contribution in [1.29, 1.82) is 0 Å². The largest absolute Gasteiger partial charge is 0.431 e. The van der Waals surface area contributed by atoms with Crippen LogP contribution in [0.1, 0.15) is 16.7 Å². The second kappa shape index (κ2) is 8.33. The standard InChI is InChI=1S/C21H17ClN2O5S2/c1-12-15-7-6-14(28-21-23-8-9-30-21)11-18(15)29-20(25)16(12)10-13-4-3-5-17(19(13)22)24-31(2,26)27/h3-9,11,24H,10H2,1-2H3. The molecule has 0 fully saturated rings. The number of nitrogens with one attached hydrogen (secondary N) is 1. The summed E-state index contributed by atoms with van der Waals surface area (Å²) in [4.78, 5) is 16.8. The Morgan fingerprint density at radius 3 is 2.77 bits per heavy atom. The molecule has 2 heterocycles. The zero-order valence-corrected chi connectivity index (χ0v) is 18.9. The van der Waals surface area contributed by atoms with Crippen molar-refractivity contribution in [2.75, 3.05) is 11.0 Å². The van der Waals surface area contributed by atoms with Gasteiger partial charge < -0.3 is 9.15 Å². The van der Waals surface area contributed by atoms with Crippen molar-refractivity contribution in [2.45, 2.75) is 13.3 Å². The minimum atomic E-state index is -3.49. The van der Waals surface area contributed by atoms with Gasteiger partial charge in [0.25, 0.3) is 5.19 Å². The van der Waals surface area contributed by atoms with Gasteiger partial charge in [0.05, 0.1) is 17.0 Å².